The van der Waals surface area contributed by atoms with Crippen LogP contribution in [0.4, 0.5) is 35.4 Å². The van der Waals surface area contributed by atoms with Gasteiger partial charge in [0.15, 0.2) is 0 Å². The lowest BCUT2D eigenvalue weighted by Crippen LogP contribution is -2.34. The second-order valence-electron chi connectivity index (χ2n) is 9.35. The molecule has 0 unspecified atom stereocenters. The van der Waals surface area contributed by atoms with Crippen molar-refractivity contribution in [2.24, 2.45) is 10.2 Å². The van der Waals surface area contributed by atoms with Gasteiger partial charge in [0, 0.05) is 19.3 Å². The smallest absolute Gasteiger partial charge is 0.457 e. The van der Waals surface area contributed by atoms with Gasteiger partial charge in [0.05, 0.1) is 17.6 Å². The summed E-state index contributed by atoms with van der Waals surface area (Å²) in [6, 6.07) is 3.42. The van der Waals surface area contributed by atoms with Crippen molar-refractivity contribution < 1.29 is 22.7 Å². The number of azo groups is 1. The Labute approximate surface area is 209 Å². The lowest BCUT2D eigenvalue weighted by molar-refractivity contribution is -0.0324. The Morgan fingerprint density at radius 2 is 1.97 bits per heavy atom. The van der Waals surface area contributed by atoms with E-state index in [2.05, 4.69) is 39.0 Å². The van der Waals surface area contributed by atoms with Crippen molar-refractivity contribution in [3.63, 3.8) is 0 Å². The lowest BCUT2D eigenvalue weighted by atomic mass is 9.77. The molecular weight excluding hydrogens is 501 g/mol. The fourth-order valence-corrected chi connectivity index (χ4v) is 5.17. The molecule has 8 nitrogen and oxygen atoms in total. The van der Waals surface area contributed by atoms with Gasteiger partial charge in [0.1, 0.15) is 11.8 Å². The highest BCUT2D eigenvalue weighted by Gasteiger charge is 2.33. The third-order valence-corrected chi connectivity index (χ3v) is 7.60. The summed E-state index contributed by atoms with van der Waals surface area (Å²) < 4.78 is 46.5. The highest BCUT2D eigenvalue weighted by molar-refractivity contribution is 8.01. The maximum Gasteiger partial charge on any atom is 0.461 e. The van der Waals surface area contributed by atoms with Gasteiger partial charge in [-0.05, 0) is 55.2 Å². The molecule has 1 aromatic heterocycles. The third-order valence-electron chi connectivity index (χ3n) is 6.26. The van der Waals surface area contributed by atoms with Gasteiger partial charge >= 0.3 is 11.5 Å². The monoisotopic (exact) mass is 528 g/mol. The quantitative estimate of drug-likeness (QED) is 0.242. The molecule has 1 aromatic carbocycles. The number of hydrogen-bond acceptors (Lipinski definition) is 10. The largest absolute Gasteiger partial charge is 0.461 e. The van der Waals surface area contributed by atoms with Gasteiger partial charge in [0.25, 0.3) is 5.13 Å². The zero-order chi connectivity index (χ0) is 25.2. The number of aromatic nitrogens is 2. The van der Waals surface area contributed by atoms with E-state index in [9.17, 15) is 18.0 Å². The zero-order valence-corrected chi connectivity index (χ0v) is 21.3. The topological polar surface area (TPSA) is 92.1 Å². The molecule has 0 saturated heterocycles. The standard InChI is InChI=1S/C22H27F3N6O2S2/c1-21(2)9-10-31(3)17-12-16(30-35-22(23,24)25)15(11-14(17)21)26-28-20-29-27-18(34-20)19(32)33-13-7-5-4-6-8-13/h11-13,30H,4-10H2,1-3H3. The van der Waals surface area contributed by atoms with Crippen LogP contribution in [-0.2, 0) is 10.2 Å². The van der Waals surface area contributed by atoms with Crippen molar-refractivity contribution in [2.45, 2.75) is 69.4 Å². The van der Waals surface area contributed by atoms with Crippen molar-refractivity contribution in [3.8, 4) is 0 Å². The Bertz CT molecular complexity index is 1100. The van der Waals surface area contributed by atoms with Crippen LogP contribution < -0.4 is 9.62 Å². The molecule has 190 valence electrons. The molecule has 0 bridgehead atoms. The zero-order valence-electron chi connectivity index (χ0n) is 19.7. The SMILES string of the molecule is CN1CCC(C)(C)c2cc(N=Nc3nnc(C(=O)OC4CCCCC4)s3)c(NSC(F)(F)F)cc21. The molecular formula is C22H27F3N6O2S2. The molecule has 1 fully saturated rings. The highest BCUT2D eigenvalue weighted by Crippen LogP contribution is 2.46. The number of carbonyl (C=O) groups excluding carboxylic acids is 1. The number of alkyl halides is 3. The average Bonchev–Trinajstić information content (AvgIpc) is 3.28. The van der Waals surface area contributed by atoms with Gasteiger partial charge in [0.2, 0.25) is 5.01 Å². The number of benzene rings is 1. The Balaban J connectivity index is 1.57. The van der Waals surface area contributed by atoms with Crippen LogP contribution in [0, 0.1) is 0 Å². The maximum atomic E-state index is 12.9. The van der Waals surface area contributed by atoms with Crippen LogP contribution in [0.15, 0.2) is 22.4 Å². The van der Waals surface area contributed by atoms with Crippen LogP contribution in [-0.4, -0.2) is 41.4 Å². The highest BCUT2D eigenvalue weighted by atomic mass is 32.2. The molecule has 2 aliphatic rings. The predicted octanol–water partition coefficient (Wildman–Crippen LogP) is 7.14. The Hall–Kier alpha value is -2.41. The molecule has 2 heterocycles. The van der Waals surface area contributed by atoms with E-state index in [-0.39, 0.29) is 45.0 Å². The minimum Gasteiger partial charge on any atom is -0.457 e. The van der Waals surface area contributed by atoms with Crippen LogP contribution >= 0.6 is 23.3 Å². The van der Waals surface area contributed by atoms with E-state index in [0.29, 0.717) is 0 Å². The first-order chi connectivity index (χ1) is 16.5. The van der Waals surface area contributed by atoms with Crippen molar-refractivity contribution >= 4 is 51.4 Å². The van der Waals surface area contributed by atoms with Crippen LogP contribution in [0.3, 0.4) is 0 Å². The summed E-state index contributed by atoms with van der Waals surface area (Å²) >= 11 is 0.572. The first-order valence-electron chi connectivity index (χ1n) is 11.4. The van der Waals surface area contributed by atoms with Gasteiger partial charge in [-0.3, -0.25) is 0 Å². The van der Waals surface area contributed by atoms with Gasteiger partial charge in [-0.25, -0.2) is 4.79 Å². The number of anilines is 2. The van der Waals surface area contributed by atoms with Crippen LogP contribution in [0.5, 0.6) is 0 Å². The first-order valence-corrected chi connectivity index (χ1v) is 13.0. The molecule has 0 spiro atoms. The fraction of sp³-hybridized carbons (Fsp3) is 0.591. The van der Waals surface area contributed by atoms with Gasteiger partial charge < -0.3 is 14.4 Å². The number of ether oxygens (including phenoxy) is 1. The average molecular weight is 529 g/mol. The second-order valence-corrected chi connectivity index (χ2v) is 11.2. The summed E-state index contributed by atoms with van der Waals surface area (Å²) in [5.41, 5.74) is -2.42. The third kappa shape index (κ3) is 6.43. The fourth-order valence-electron chi connectivity index (χ4n) is 4.23. The number of fused-ring (bicyclic) bond motifs is 1. The van der Waals surface area contributed by atoms with Gasteiger partial charge in [-0.1, -0.05) is 31.6 Å². The number of nitrogens with zero attached hydrogens (tertiary/aromatic N) is 5. The Kier molecular flexibility index (Phi) is 7.55. The van der Waals surface area contributed by atoms with Crippen LogP contribution in [0.25, 0.3) is 0 Å². The Morgan fingerprint density at radius 1 is 1.23 bits per heavy atom. The van der Waals surface area contributed by atoms with Crippen LogP contribution in [0.2, 0.25) is 0 Å². The van der Waals surface area contributed by atoms with E-state index in [4.69, 9.17) is 4.74 Å². The summed E-state index contributed by atoms with van der Waals surface area (Å²) in [7, 11) is 1.91. The van der Waals surface area contributed by atoms with Crippen molar-refractivity contribution in [1.29, 1.82) is 0 Å². The van der Waals surface area contributed by atoms with E-state index < -0.39 is 11.5 Å². The number of esters is 1. The van der Waals surface area contributed by atoms with Gasteiger partial charge in [-0.15, -0.1) is 20.4 Å². The second kappa shape index (κ2) is 10.3. The number of hydrogen-bond donors (Lipinski definition) is 1. The molecule has 2 aromatic rings. The molecule has 1 aliphatic carbocycles. The molecule has 0 radical (unpaired) electrons. The van der Waals surface area contributed by atoms with Crippen molar-refractivity contribution in [3.05, 3.63) is 22.7 Å². The number of rotatable bonds is 6. The molecule has 4 rings (SSSR count). The van der Waals surface area contributed by atoms with Gasteiger partial charge in [-0.2, -0.15) is 13.2 Å². The number of carbonyl (C=O) groups is 1. The van der Waals surface area contributed by atoms with E-state index in [0.717, 1.165) is 67.7 Å². The Morgan fingerprint density at radius 3 is 2.69 bits per heavy atom. The molecule has 1 saturated carbocycles. The predicted molar refractivity (Wildman–Crippen MR) is 131 cm³/mol. The van der Waals surface area contributed by atoms with Crippen LogP contribution in [0.1, 0.15) is 67.7 Å². The first kappa shape index (κ1) is 25.7. The van der Waals surface area contributed by atoms with E-state index in [1.165, 1.54) is 0 Å². The summed E-state index contributed by atoms with van der Waals surface area (Å²) in [5, 5.41) is 16.2. The number of nitrogens with one attached hydrogen (secondary N) is 1. The molecule has 1 N–H and O–H groups in total. The minimum absolute atomic E-state index is 0.0729. The van der Waals surface area contributed by atoms with E-state index >= 15 is 0 Å². The molecule has 13 heteroatoms. The molecule has 35 heavy (non-hydrogen) atoms. The lowest BCUT2D eigenvalue weighted by Gasteiger charge is -2.39. The maximum absolute atomic E-state index is 12.9. The minimum atomic E-state index is -4.47. The van der Waals surface area contributed by atoms with E-state index in [1.807, 2.05) is 11.9 Å². The summed E-state index contributed by atoms with van der Waals surface area (Å²) in [6.07, 6.45) is 5.67. The molecule has 0 atom stereocenters. The molecule has 0 amide bonds. The number of halogens is 3. The molecule has 1 aliphatic heterocycles. The van der Waals surface area contributed by atoms with Crippen molar-refractivity contribution in [1.82, 2.24) is 10.2 Å². The van der Waals surface area contributed by atoms with Crippen molar-refractivity contribution in [2.75, 3.05) is 23.2 Å². The summed E-state index contributed by atoms with van der Waals surface area (Å²) in [5.74, 6) is -0.543. The summed E-state index contributed by atoms with van der Waals surface area (Å²) in [6.45, 7) is 4.97. The normalized spacial score (nSPS) is 18.5. The summed E-state index contributed by atoms with van der Waals surface area (Å²) in [4.78, 5) is 14.4. The van der Waals surface area contributed by atoms with E-state index in [1.54, 1.807) is 12.1 Å².